The monoisotopic (exact) mass is 217 g/mol. The minimum Gasteiger partial charge on any atom is -0.326 e. The molecule has 0 radical (unpaired) electrons. The zero-order valence-corrected chi connectivity index (χ0v) is 9.45. The average molecular weight is 217 g/mol. The van der Waals surface area contributed by atoms with Crippen molar-refractivity contribution in [2.45, 2.75) is 26.3 Å². The van der Waals surface area contributed by atoms with E-state index in [1.54, 1.807) is 12.4 Å². The van der Waals surface area contributed by atoms with E-state index in [1.807, 2.05) is 25.3 Å². The van der Waals surface area contributed by atoms with Crippen LogP contribution in [-0.2, 0) is 5.54 Å². The molecule has 0 amide bonds. The number of aromatic nitrogens is 2. The van der Waals surface area contributed by atoms with Crippen LogP contribution in [-0.4, -0.2) is 9.55 Å². The number of halogens is 1. The molecule has 0 saturated heterocycles. The first-order valence-electron chi connectivity index (χ1n) is 4.98. The molecule has 0 fully saturated rings. The summed E-state index contributed by atoms with van der Waals surface area (Å²) in [6.45, 7) is 13.0. The first kappa shape index (κ1) is 10.6. The molecule has 2 rings (SSSR count). The summed E-state index contributed by atoms with van der Waals surface area (Å²) in [5, 5.41) is 0. The molecule has 2 aromatic rings. The Bertz CT molecular complexity index is 585. The van der Waals surface area contributed by atoms with Crippen molar-refractivity contribution in [2.75, 3.05) is 0 Å². The number of imidazole rings is 1. The lowest BCUT2D eigenvalue weighted by Crippen LogP contribution is -2.20. The van der Waals surface area contributed by atoms with Crippen molar-refractivity contribution in [1.29, 1.82) is 0 Å². The normalized spacial score (nSPS) is 11.7. The molecular weight excluding hydrogens is 205 g/mol. The summed E-state index contributed by atoms with van der Waals surface area (Å²) in [7, 11) is 0. The topological polar surface area (TPSA) is 22.2 Å². The maximum atomic E-state index is 13.4. The van der Waals surface area contributed by atoms with Crippen LogP contribution in [0.5, 0.6) is 0 Å². The van der Waals surface area contributed by atoms with E-state index in [2.05, 4.69) is 9.83 Å². The van der Waals surface area contributed by atoms with Gasteiger partial charge in [-0.25, -0.2) is 14.2 Å². The fraction of sp³-hybridized carbons (Fsp3) is 0.333. The van der Waals surface area contributed by atoms with Crippen molar-refractivity contribution in [3.8, 4) is 0 Å². The molecule has 1 aromatic heterocycles. The number of nitrogens with zero attached hydrogens (tertiary/aromatic N) is 3. The van der Waals surface area contributed by atoms with Gasteiger partial charge in [0, 0.05) is 5.54 Å². The Morgan fingerprint density at radius 2 is 2.06 bits per heavy atom. The van der Waals surface area contributed by atoms with E-state index in [1.165, 1.54) is 6.07 Å². The van der Waals surface area contributed by atoms with Gasteiger partial charge in [0.15, 0.2) is 0 Å². The molecule has 3 nitrogen and oxygen atoms in total. The molecular formula is C12H12FN3. The predicted molar refractivity (Wildman–Crippen MR) is 60.9 cm³/mol. The van der Waals surface area contributed by atoms with E-state index >= 15 is 0 Å². The molecule has 0 spiro atoms. The summed E-state index contributed by atoms with van der Waals surface area (Å²) >= 11 is 0. The molecule has 0 N–H and O–H groups in total. The fourth-order valence-electron chi connectivity index (χ4n) is 1.64. The molecule has 0 bridgehead atoms. The molecule has 1 aromatic carbocycles. The van der Waals surface area contributed by atoms with E-state index in [9.17, 15) is 4.39 Å². The Morgan fingerprint density at radius 1 is 1.38 bits per heavy atom. The van der Waals surface area contributed by atoms with E-state index in [0.717, 1.165) is 5.52 Å². The molecule has 1 heterocycles. The SMILES string of the molecule is [C-]#[N+]c1cc2c(cc1F)ncn2C(C)(C)C. The second-order valence-corrected chi connectivity index (χ2v) is 4.69. The summed E-state index contributed by atoms with van der Waals surface area (Å²) in [5.41, 5.74) is 1.28. The first-order chi connectivity index (χ1) is 7.43. The van der Waals surface area contributed by atoms with Gasteiger partial charge in [-0.3, -0.25) is 0 Å². The second-order valence-electron chi connectivity index (χ2n) is 4.69. The highest BCUT2D eigenvalue weighted by Crippen LogP contribution is 2.27. The molecule has 4 heteroatoms. The third-order valence-electron chi connectivity index (χ3n) is 2.46. The lowest BCUT2D eigenvalue weighted by Gasteiger charge is -2.21. The van der Waals surface area contributed by atoms with Gasteiger partial charge >= 0.3 is 0 Å². The van der Waals surface area contributed by atoms with E-state index < -0.39 is 5.82 Å². The highest BCUT2D eigenvalue weighted by molar-refractivity contribution is 5.80. The third-order valence-corrected chi connectivity index (χ3v) is 2.46. The van der Waals surface area contributed by atoms with Gasteiger partial charge in [0.2, 0.25) is 5.69 Å². The van der Waals surface area contributed by atoms with Gasteiger partial charge in [-0.05, 0) is 32.9 Å². The summed E-state index contributed by atoms with van der Waals surface area (Å²) < 4.78 is 15.3. The number of benzene rings is 1. The van der Waals surface area contributed by atoms with Gasteiger partial charge in [-0.15, -0.1) is 0 Å². The summed E-state index contributed by atoms with van der Waals surface area (Å²) in [5.74, 6) is -0.512. The van der Waals surface area contributed by atoms with Crippen molar-refractivity contribution in [3.63, 3.8) is 0 Å². The second kappa shape index (κ2) is 3.31. The van der Waals surface area contributed by atoms with Crippen LogP contribution >= 0.6 is 0 Å². The standard InChI is InChI=1S/C12H12FN3/c1-12(2,3)16-7-15-10-5-8(13)9(14-4)6-11(10)16/h5-7H,1-3H3. The quantitative estimate of drug-likeness (QED) is 0.619. The van der Waals surface area contributed by atoms with Gasteiger partial charge < -0.3 is 4.57 Å². The fourth-order valence-corrected chi connectivity index (χ4v) is 1.64. The Morgan fingerprint density at radius 3 is 2.62 bits per heavy atom. The van der Waals surface area contributed by atoms with Gasteiger partial charge in [0.05, 0.1) is 23.9 Å². The molecule has 0 aliphatic rings. The lowest BCUT2D eigenvalue weighted by molar-refractivity contribution is 0.408. The minimum atomic E-state index is -0.512. The third kappa shape index (κ3) is 1.54. The molecule has 0 aliphatic heterocycles. The maximum absolute atomic E-state index is 13.4. The summed E-state index contributed by atoms with van der Waals surface area (Å²) in [4.78, 5) is 7.30. The smallest absolute Gasteiger partial charge is 0.224 e. The van der Waals surface area contributed by atoms with Gasteiger partial charge in [0.25, 0.3) is 0 Å². The number of hydrogen-bond acceptors (Lipinski definition) is 1. The van der Waals surface area contributed by atoms with Crippen LogP contribution < -0.4 is 0 Å². The average Bonchev–Trinajstić information content (AvgIpc) is 2.58. The minimum absolute atomic E-state index is 0.0403. The van der Waals surface area contributed by atoms with Crippen LogP contribution in [0.1, 0.15) is 20.8 Å². The van der Waals surface area contributed by atoms with Crippen molar-refractivity contribution < 1.29 is 4.39 Å². The highest BCUT2D eigenvalue weighted by atomic mass is 19.1. The summed E-state index contributed by atoms with van der Waals surface area (Å²) in [6, 6.07) is 2.86. The Hall–Kier alpha value is -1.89. The van der Waals surface area contributed by atoms with Crippen LogP contribution in [0.2, 0.25) is 0 Å². The van der Waals surface area contributed by atoms with Gasteiger partial charge in [-0.1, -0.05) is 0 Å². The van der Waals surface area contributed by atoms with Crippen LogP contribution in [0, 0.1) is 12.4 Å². The van der Waals surface area contributed by atoms with Gasteiger partial charge in [-0.2, -0.15) is 0 Å². The highest BCUT2D eigenvalue weighted by Gasteiger charge is 2.17. The zero-order chi connectivity index (χ0) is 11.9. The first-order valence-corrected chi connectivity index (χ1v) is 4.98. The van der Waals surface area contributed by atoms with Crippen molar-refractivity contribution in [2.24, 2.45) is 0 Å². The maximum Gasteiger partial charge on any atom is 0.224 e. The molecule has 82 valence electrons. The zero-order valence-electron chi connectivity index (χ0n) is 9.45. The molecule has 0 unspecified atom stereocenters. The molecule has 16 heavy (non-hydrogen) atoms. The van der Waals surface area contributed by atoms with Gasteiger partial charge in [0.1, 0.15) is 5.82 Å². The number of rotatable bonds is 0. The Kier molecular flexibility index (Phi) is 2.20. The Balaban J connectivity index is 2.78. The number of fused-ring (bicyclic) bond motifs is 1. The van der Waals surface area contributed by atoms with Crippen molar-refractivity contribution in [1.82, 2.24) is 9.55 Å². The van der Waals surface area contributed by atoms with Crippen LogP contribution in [0.15, 0.2) is 18.5 Å². The van der Waals surface area contributed by atoms with E-state index in [4.69, 9.17) is 6.57 Å². The lowest BCUT2D eigenvalue weighted by atomic mass is 10.1. The van der Waals surface area contributed by atoms with E-state index in [0.29, 0.717) is 5.52 Å². The van der Waals surface area contributed by atoms with E-state index in [-0.39, 0.29) is 11.2 Å². The van der Waals surface area contributed by atoms with Crippen LogP contribution in [0.4, 0.5) is 10.1 Å². The van der Waals surface area contributed by atoms with Crippen LogP contribution in [0.25, 0.3) is 15.9 Å². The van der Waals surface area contributed by atoms with Crippen molar-refractivity contribution >= 4 is 16.7 Å². The predicted octanol–water partition coefficient (Wildman–Crippen LogP) is 3.48. The number of hydrogen-bond donors (Lipinski definition) is 0. The molecule has 0 aliphatic carbocycles. The molecule has 0 atom stereocenters. The summed E-state index contributed by atoms with van der Waals surface area (Å²) in [6.07, 6.45) is 1.68. The van der Waals surface area contributed by atoms with Crippen LogP contribution in [0.3, 0.4) is 0 Å². The van der Waals surface area contributed by atoms with Crippen molar-refractivity contribution in [3.05, 3.63) is 35.7 Å². The molecule has 0 saturated carbocycles. The largest absolute Gasteiger partial charge is 0.326 e. The Labute approximate surface area is 93.3 Å².